The van der Waals surface area contributed by atoms with Gasteiger partial charge in [-0.1, -0.05) is 35.9 Å². The summed E-state index contributed by atoms with van der Waals surface area (Å²) < 4.78 is 4.96. The molecule has 1 fully saturated rings. The van der Waals surface area contributed by atoms with E-state index >= 15 is 0 Å². The first kappa shape index (κ1) is 22.3. The molecular weight excluding hydrogens is 402 g/mol. The van der Waals surface area contributed by atoms with E-state index in [0.29, 0.717) is 30.9 Å². The number of para-hydroxylation sites is 1. The van der Waals surface area contributed by atoms with Gasteiger partial charge < -0.3 is 15.4 Å². The molecular formula is C23H28ClN3O3. The molecule has 1 heterocycles. The van der Waals surface area contributed by atoms with Crippen LogP contribution in [-0.4, -0.2) is 50.1 Å². The number of nitrogens with one attached hydrogen (secondary N) is 2. The second kappa shape index (κ2) is 11.1. The average molecular weight is 430 g/mol. The number of amides is 2. The number of piperidine rings is 1. The number of hydrogen-bond acceptors (Lipinski definition) is 4. The van der Waals surface area contributed by atoms with Gasteiger partial charge in [-0.05, 0) is 49.2 Å². The molecule has 0 saturated carbocycles. The molecule has 3 rings (SSSR count). The lowest BCUT2D eigenvalue weighted by Crippen LogP contribution is -2.40. The second-order valence-electron chi connectivity index (χ2n) is 7.49. The number of halogens is 1. The van der Waals surface area contributed by atoms with Crippen LogP contribution < -0.4 is 10.6 Å². The lowest BCUT2D eigenvalue weighted by molar-refractivity contribution is -0.121. The summed E-state index contributed by atoms with van der Waals surface area (Å²) in [7, 11) is 1.58. The van der Waals surface area contributed by atoms with Gasteiger partial charge in [-0.2, -0.15) is 0 Å². The molecule has 0 aromatic heterocycles. The number of anilines is 1. The molecule has 7 heteroatoms. The highest BCUT2D eigenvalue weighted by molar-refractivity contribution is 6.30. The normalized spacial score (nSPS) is 16.8. The highest BCUT2D eigenvalue weighted by Crippen LogP contribution is 2.23. The van der Waals surface area contributed by atoms with E-state index in [0.717, 1.165) is 36.5 Å². The molecule has 0 aliphatic carbocycles. The van der Waals surface area contributed by atoms with Crippen LogP contribution in [0.25, 0.3) is 0 Å². The molecule has 0 radical (unpaired) electrons. The van der Waals surface area contributed by atoms with Gasteiger partial charge in [0.1, 0.15) is 0 Å². The molecule has 2 aromatic carbocycles. The molecule has 2 N–H and O–H groups in total. The number of ether oxygens (including phenoxy) is 1. The fraction of sp³-hybridized carbons (Fsp3) is 0.391. The molecule has 1 atom stereocenters. The van der Waals surface area contributed by atoms with Crippen LogP contribution in [-0.2, 0) is 16.1 Å². The monoisotopic (exact) mass is 429 g/mol. The third-order valence-corrected chi connectivity index (χ3v) is 5.43. The molecule has 0 spiro atoms. The van der Waals surface area contributed by atoms with E-state index < -0.39 is 0 Å². The van der Waals surface area contributed by atoms with Crippen molar-refractivity contribution >= 4 is 29.1 Å². The van der Waals surface area contributed by atoms with E-state index in [-0.39, 0.29) is 17.7 Å². The van der Waals surface area contributed by atoms with E-state index in [1.165, 1.54) is 0 Å². The quantitative estimate of drug-likeness (QED) is 0.629. The minimum absolute atomic E-state index is 0.0528. The summed E-state index contributed by atoms with van der Waals surface area (Å²) >= 11 is 6.09. The van der Waals surface area contributed by atoms with Gasteiger partial charge in [-0.3, -0.25) is 14.5 Å². The minimum atomic E-state index is -0.228. The summed E-state index contributed by atoms with van der Waals surface area (Å²) in [6.07, 6.45) is 1.79. The van der Waals surface area contributed by atoms with Gasteiger partial charge in [0, 0.05) is 31.8 Å². The molecule has 0 bridgehead atoms. The Labute approximate surface area is 182 Å². The first-order valence-corrected chi connectivity index (χ1v) is 10.6. The average Bonchev–Trinajstić information content (AvgIpc) is 2.74. The van der Waals surface area contributed by atoms with Crippen molar-refractivity contribution in [1.29, 1.82) is 0 Å². The van der Waals surface area contributed by atoms with Crippen LogP contribution in [0, 0.1) is 5.92 Å². The standard InChI is InChI=1S/C23H28ClN3O3/c1-30-13-11-25-23(29)20-9-2-3-10-21(20)26-22(28)18-7-5-12-27(16-18)15-17-6-4-8-19(24)14-17/h2-4,6,8-10,14,18H,5,7,11-13,15-16H2,1H3,(H,25,29)(H,26,28). The summed E-state index contributed by atoms with van der Waals surface area (Å²) in [5.74, 6) is -0.403. The molecule has 2 amide bonds. The van der Waals surface area contributed by atoms with Crippen LogP contribution in [0.1, 0.15) is 28.8 Å². The maximum Gasteiger partial charge on any atom is 0.253 e. The fourth-order valence-electron chi connectivity index (χ4n) is 3.69. The van der Waals surface area contributed by atoms with Gasteiger partial charge in [0.25, 0.3) is 5.91 Å². The summed E-state index contributed by atoms with van der Waals surface area (Å²) in [5, 5.41) is 6.49. The topological polar surface area (TPSA) is 70.7 Å². The van der Waals surface area contributed by atoms with Gasteiger partial charge in [-0.15, -0.1) is 0 Å². The van der Waals surface area contributed by atoms with Gasteiger partial charge in [0.2, 0.25) is 5.91 Å². The molecule has 30 heavy (non-hydrogen) atoms. The molecule has 2 aromatic rings. The number of likely N-dealkylation sites (tertiary alicyclic amines) is 1. The van der Waals surface area contributed by atoms with Crippen molar-refractivity contribution in [3.63, 3.8) is 0 Å². The number of nitrogens with zero attached hydrogens (tertiary/aromatic N) is 1. The van der Waals surface area contributed by atoms with Gasteiger partial charge >= 0.3 is 0 Å². The maximum absolute atomic E-state index is 12.9. The van der Waals surface area contributed by atoms with Crippen LogP contribution in [0.5, 0.6) is 0 Å². The Morgan fingerprint density at radius 1 is 1.20 bits per heavy atom. The van der Waals surface area contributed by atoms with Crippen molar-refractivity contribution in [1.82, 2.24) is 10.2 Å². The molecule has 6 nitrogen and oxygen atoms in total. The molecule has 1 aliphatic rings. The highest BCUT2D eigenvalue weighted by Gasteiger charge is 2.26. The van der Waals surface area contributed by atoms with E-state index in [1.807, 2.05) is 30.3 Å². The van der Waals surface area contributed by atoms with Crippen LogP contribution in [0.15, 0.2) is 48.5 Å². The largest absolute Gasteiger partial charge is 0.383 e. The smallest absolute Gasteiger partial charge is 0.253 e. The Morgan fingerprint density at radius 3 is 2.83 bits per heavy atom. The summed E-state index contributed by atoms with van der Waals surface area (Å²) in [5.41, 5.74) is 2.12. The summed E-state index contributed by atoms with van der Waals surface area (Å²) in [4.78, 5) is 27.7. The summed E-state index contributed by atoms with van der Waals surface area (Å²) in [6.45, 7) is 3.25. The lowest BCUT2D eigenvalue weighted by Gasteiger charge is -2.32. The first-order valence-electron chi connectivity index (χ1n) is 10.2. The van der Waals surface area contributed by atoms with E-state index in [4.69, 9.17) is 16.3 Å². The lowest BCUT2D eigenvalue weighted by atomic mass is 9.96. The number of hydrogen-bond donors (Lipinski definition) is 2. The van der Waals surface area contributed by atoms with Gasteiger partial charge in [-0.25, -0.2) is 0 Å². The van der Waals surface area contributed by atoms with Gasteiger partial charge in [0.05, 0.1) is 23.8 Å². The van der Waals surface area contributed by atoms with Crippen LogP contribution >= 0.6 is 11.6 Å². The number of carbonyl (C=O) groups excluding carboxylic acids is 2. The highest BCUT2D eigenvalue weighted by atomic mass is 35.5. The number of rotatable bonds is 8. The third-order valence-electron chi connectivity index (χ3n) is 5.19. The fourth-order valence-corrected chi connectivity index (χ4v) is 3.91. The summed E-state index contributed by atoms with van der Waals surface area (Å²) in [6, 6.07) is 14.9. The molecule has 1 unspecified atom stereocenters. The van der Waals surface area contributed by atoms with E-state index in [1.54, 1.807) is 25.3 Å². The maximum atomic E-state index is 12.9. The Bertz CT molecular complexity index is 874. The van der Waals surface area contributed by atoms with Crippen molar-refractivity contribution in [3.05, 3.63) is 64.7 Å². The van der Waals surface area contributed by atoms with Crippen molar-refractivity contribution < 1.29 is 14.3 Å². The van der Waals surface area contributed by atoms with Crippen molar-refractivity contribution in [2.75, 3.05) is 38.7 Å². The Hall–Kier alpha value is -2.41. The van der Waals surface area contributed by atoms with Crippen molar-refractivity contribution in [3.8, 4) is 0 Å². The van der Waals surface area contributed by atoms with Crippen LogP contribution in [0.3, 0.4) is 0 Å². The predicted molar refractivity (Wildman–Crippen MR) is 119 cm³/mol. The Kier molecular flexibility index (Phi) is 8.25. The zero-order valence-corrected chi connectivity index (χ0v) is 18.0. The van der Waals surface area contributed by atoms with Crippen LogP contribution in [0.2, 0.25) is 5.02 Å². The Morgan fingerprint density at radius 2 is 2.03 bits per heavy atom. The first-order chi connectivity index (χ1) is 14.6. The SMILES string of the molecule is COCCNC(=O)c1ccccc1NC(=O)C1CCCN(Cc2cccc(Cl)c2)C1. The zero-order chi connectivity index (χ0) is 21.3. The van der Waals surface area contributed by atoms with E-state index in [2.05, 4.69) is 15.5 Å². The van der Waals surface area contributed by atoms with E-state index in [9.17, 15) is 9.59 Å². The van der Waals surface area contributed by atoms with Crippen molar-refractivity contribution in [2.24, 2.45) is 5.92 Å². The Balaban J connectivity index is 1.61. The second-order valence-corrected chi connectivity index (χ2v) is 7.92. The molecule has 1 aliphatic heterocycles. The number of benzene rings is 2. The van der Waals surface area contributed by atoms with Gasteiger partial charge in [0.15, 0.2) is 0 Å². The van der Waals surface area contributed by atoms with Crippen molar-refractivity contribution in [2.45, 2.75) is 19.4 Å². The predicted octanol–water partition coefficient (Wildman–Crippen LogP) is 3.57. The molecule has 160 valence electrons. The molecule has 1 saturated heterocycles. The zero-order valence-electron chi connectivity index (χ0n) is 17.2. The number of carbonyl (C=O) groups is 2. The van der Waals surface area contributed by atoms with Crippen LogP contribution in [0.4, 0.5) is 5.69 Å². The minimum Gasteiger partial charge on any atom is -0.383 e. The third kappa shape index (κ3) is 6.29. The number of methoxy groups -OCH3 is 1.